The summed E-state index contributed by atoms with van der Waals surface area (Å²) in [5.74, 6) is 1.17. The lowest BCUT2D eigenvalue weighted by Crippen LogP contribution is -2.34. The van der Waals surface area contributed by atoms with Gasteiger partial charge in [0.1, 0.15) is 0 Å². The Hall–Kier alpha value is -1.12. The molecule has 2 aromatic carbocycles. The first kappa shape index (κ1) is 14.8. The van der Waals surface area contributed by atoms with Gasteiger partial charge in [-0.1, -0.05) is 57.9 Å². The van der Waals surface area contributed by atoms with Crippen LogP contribution in [-0.2, 0) is 0 Å². The summed E-state index contributed by atoms with van der Waals surface area (Å²) in [4.78, 5) is 0. The Labute approximate surface area is 135 Å². The van der Waals surface area contributed by atoms with Crippen LogP contribution in [0.15, 0.2) is 46.9 Å². The summed E-state index contributed by atoms with van der Waals surface area (Å²) in [6.45, 7) is 6.50. The fraction of sp³-hybridized carbons (Fsp3) is 0.368. The zero-order chi connectivity index (χ0) is 14.8. The highest BCUT2D eigenvalue weighted by atomic mass is 79.9. The Bertz CT molecular complexity index is 635. The number of rotatable bonds is 2. The molecule has 2 heteroatoms. The van der Waals surface area contributed by atoms with E-state index < -0.39 is 0 Å². The number of benzene rings is 2. The predicted octanol–water partition coefficient (Wildman–Crippen LogP) is 4.93. The average Bonchev–Trinajstić information content (AvgIpc) is 2.50. The molecule has 0 amide bonds. The Morgan fingerprint density at radius 1 is 1.00 bits per heavy atom. The molecule has 1 heterocycles. The van der Waals surface area contributed by atoms with Crippen molar-refractivity contribution in [3.8, 4) is 0 Å². The van der Waals surface area contributed by atoms with Gasteiger partial charge >= 0.3 is 0 Å². The van der Waals surface area contributed by atoms with Gasteiger partial charge in [-0.05, 0) is 55.5 Å². The average molecular weight is 344 g/mol. The maximum absolute atomic E-state index is 3.68. The minimum Gasteiger partial charge on any atom is -0.316 e. The van der Waals surface area contributed by atoms with E-state index in [0.29, 0.717) is 11.8 Å². The summed E-state index contributed by atoms with van der Waals surface area (Å²) in [5, 5.41) is 3.57. The van der Waals surface area contributed by atoms with Crippen LogP contribution in [0.2, 0.25) is 0 Å². The molecule has 21 heavy (non-hydrogen) atoms. The Balaban J connectivity index is 1.96. The van der Waals surface area contributed by atoms with Crippen LogP contribution in [0.5, 0.6) is 0 Å². The molecule has 2 unspecified atom stereocenters. The van der Waals surface area contributed by atoms with E-state index in [2.05, 4.69) is 77.6 Å². The number of hydrogen-bond donors (Lipinski definition) is 1. The molecular formula is C19H22BrN. The molecule has 1 N–H and O–H groups in total. The van der Waals surface area contributed by atoms with E-state index in [1.165, 1.54) is 33.1 Å². The second-order valence-electron chi connectivity index (χ2n) is 6.13. The maximum atomic E-state index is 3.68. The Kier molecular flexibility index (Phi) is 4.46. The number of nitrogens with one attached hydrogen (secondary N) is 1. The summed E-state index contributed by atoms with van der Waals surface area (Å²) in [6.07, 6.45) is 1.20. The van der Waals surface area contributed by atoms with Crippen molar-refractivity contribution in [2.45, 2.75) is 32.1 Å². The van der Waals surface area contributed by atoms with Gasteiger partial charge in [-0.3, -0.25) is 0 Å². The third-order valence-electron chi connectivity index (χ3n) is 4.58. The van der Waals surface area contributed by atoms with E-state index in [1.807, 2.05) is 0 Å². The highest BCUT2D eigenvalue weighted by Gasteiger charge is 2.27. The van der Waals surface area contributed by atoms with Crippen molar-refractivity contribution in [2.75, 3.05) is 13.1 Å². The Morgan fingerprint density at radius 3 is 2.57 bits per heavy atom. The van der Waals surface area contributed by atoms with Gasteiger partial charge in [0.05, 0.1) is 0 Å². The first-order chi connectivity index (χ1) is 10.1. The first-order valence-corrected chi connectivity index (χ1v) is 8.48. The molecule has 1 aliphatic heterocycles. The minimum atomic E-state index is 0.563. The monoisotopic (exact) mass is 343 g/mol. The lowest BCUT2D eigenvalue weighted by molar-refractivity contribution is 0.404. The maximum Gasteiger partial charge on any atom is 0.0207 e. The SMILES string of the molecule is Cc1cccc(C2CNCCC2c2ccc(C)c(Br)c2)c1. The van der Waals surface area contributed by atoms with E-state index >= 15 is 0 Å². The molecule has 0 spiro atoms. The zero-order valence-electron chi connectivity index (χ0n) is 12.7. The van der Waals surface area contributed by atoms with Crippen LogP contribution in [0.25, 0.3) is 0 Å². The van der Waals surface area contributed by atoms with Crippen LogP contribution in [0, 0.1) is 13.8 Å². The van der Waals surface area contributed by atoms with Crippen molar-refractivity contribution in [2.24, 2.45) is 0 Å². The third kappa shape index (κ3) is 3.22. The number of hydrogen-bond acceptors (Lipinski definition) is 1. The largest absolute Gasteiger partial charge is 0.316 e. The number of halogens is 1. The smallest absolute Gasteiger partial charge is 0.0207 e. The van der Waals surface area contributed by atoms with Gasteiger partial charge in [-0.25, -0.2) is 0 Å². The molecule has 0 saturated carbocycles. The van der Waals surface area contributed by atoms with Crippen molar-refractivity contribution in [3.63, 3.8) is 0 Å². The summed E-state index contributed by atoms with van der Waals surface area (Å²) in [6, 6.07) is 15.8. The summed E-state index contributed by atoms with van der Waals surface area (Å²) >= 11 is 3.68. The second kappa shape index (κ2) is 6.33. The molecule has 1 saturated heterocycles. The van der Waals surface area contributed by atoms with Crippen molar-refractivity contribution < 1.29 is 0 Å². The van der Waals surface area contributed by atoms with Gasteiger partial charge in [-0.2, -0.15) is 0 Å². The van der Waals surface area contributed by atoms with Gasteiger partial charge in [0.25, 0.3) is 0 Å². The quantitative estimate of drug-likeness (QED) is 0.815. The normalized spacial score (nSPS) is 22.2. The van der Waals surface area contributed by atoms with E-state index in [4.69, 9.17) is 0 Å². The van der Waals surface area contributed by atoms with Crippen molar-refractivity contribution in [1.82, 2.24) is 5.32 Å². The van der Waals surface area contributed by atoms with Crippen molar-refractivity contribution in [1.29, 1.82) is 0 Å². The molecule has 0 aromatic heterocycles. The van der Waals surface area contributed by atoms with Gasteiger partial charge in [0.2, 0.25) is 0 Å². The van der Waals surface area contributed by atoms with Crippen LogP contribution in [0.4, 0.5) is 0 Å². The highest BCUT2D eigenvalue weighted by Crippen LogP contribution is 2.38. The lowest BCUT2D eigenvalue weighted by Gasteiger charge is -2.33. The highest BCUT2D eigenvalue weighted by molar-refractivity contribution is 9.10. The van der Waals surface area contributed by atoms with Crippen molar-refractivity contribution >= 4 is 15.9 Å². The first-order valence-electron chi connectivity index (χ1n) is 7.68. The molecule has 0 radical (unpaired) electrons. The molecule has 110 valence electrons. The summed E-state index contributed by atoms with van der Waals surface area (Å²) in [5.41, 5.74) is 5.58. The Morgan fingerprint density at radius 2 is 1.81 bits per heavy atom. The molecule has 0 bridgehead atoms. The van der Waals surface area contributed by atoms with E-state index in [9.17, 15) is 0 Å². The van der Waals surface area contributed by atoms with Crippen molar-refractivity contribution in [3.05, 3.63) is 69.2 Å². The van der Waals surface area contributed by atoms with Crippen LogP contribution in [0.1, 0.15) is 40.5 Å². The standard InChI is InChI=1S/C19H22BrN/c1-13-4-3-5-15(10-13)18-12-21-9-8-17(18)16-7-6-14(2)19(20)11-16/h3-7,10-11,17-18,21H,8-9,12H2,1-2H3. The van der Waals surface area contributed by atoms with E-state index in [-0.39, 0.29) is 0 Å². The fourth-order valence-corrected chi connectivity index (χ4v) is 3.74. The van der Waals surface area contributed by atoms with E-state index in [0.717, 1.165) is 13.1 Å². The van der Waals surface area contributed by atoms with Crippen LogP contribution < -0.4 is 5.32 Å². The van der Waals surface area contributed by atoms with Gasteiger partial charge in [0.15, 0.2) is 0 Å². The van der Waals surface area contributed by atoms with Crippen LogP contribution >= 0.6 is 15.9 Å². The predicted molar refractivity (Wildman–Crippen MR) is 93.0 cm³/mol. The minimum absolute atomic E-state index is 0.563. The molecule has 1 fully saturated rings. The van der Waals surface area contributed by atoms with Gasteiger partial charge in [0, 0.05) is 16.9 Å². The molecule has 2 atom stereocenters. The molecule has 1 nitrogen and oxygen atoms in total. The van der Waals surface area contributed by atoms with Gasteiger partial charge in [-0.15, -0.1) is 0 Å². The molecule has 0 aliphatic carbocycles. The fourth-order valence-electron chi connectivity index (χ4n) is 3.35. The van der Waals surface area contributed by atoms with E-state index in [1.54, 1.807) is 0 Å². The van der Waals surface area contributed by atoms with Crippen LogP contribution in [-0.4, -0.2) is 13.1 Å². The second-order valence-corrected chi connectivity index (χ2v) is 6.98. The molecule has 3 rings (SSSR count). The topological polar surface area (TPSA) is 12.0 Å². The lowest BCUT2D eigenvalue weighted by atomic mass is 9.77. The number of piperidine rings is 1. The van der Waals surface area contributed by atoms with Gasteiger partial charge < -0.3 is 5.32 Å². The third-order valence-corrected chi connectivity index (χ3v) is 5.43. The van der Waals surface area contributed by atoms with Crippen LogP contribution in [0.3, 0.4) is 0 Å². The number of aryl methyl sites for hydroxylation is 2. The molecular weight excluding hydrogens is 322 g/mol. The zero-order valence-corrected chi connectivity index (χ0v) is 14.3. The summed E-state index contributed by atoms with van der Waals surface area (Å²) in [7, 11) is 0. The molecule has 1 aliphatic rings. The molecule has 2 aromatic rings. The summed E-state index contributed by atoms with van der Waals surface area (Å²) < 4.78 is 1.22.